The molecule has 0 aliphatic carbocycles. The molecule has 3 nitrogen and oxygen atoms in total. The van der Waals surface area contributed by atoms with E-state index in [9.17, 15) is 0 Å². The summed E-state index contributed by atoms with van der Waals surface area (Å²) in [6.45, 7) is 5.37. The summed E-state index contributed by atoms with van der Waals surface area (Å²) in [4.78, 5) is 1.46. The minimum atomic E-state index is 0.323. The van der Waals surface area contributed by atoms with E-state index >= 15 is 0 Å². The van der Waals surface area contributed by atoms with Crippen LogP contribution in [0.1, 0.15) is 47.6 Å². The maximum absolute atomic E-state index is 4.30. The van der Waals surface area contributed by atoms with Crippen molar-refractivity contribution < 1.29 is 0 Å². The molecule has 0 aliphatic rings. The molecule has 0 spiro atoms. The van der Waals surface area contributed by atoms with Gasteiger partial charge in [0.05, 0.1) is 6.04 Å². The fourth-order valence-electron chi connectivity index (χ4n) is 1.86. The Morgan fingerprint density at radius 2 is 2.21 bits per heavy atom. The van der Waals surface area contributed by atoms with Crippen LogP contribution >= 0.6 is 22.7 Å². The van der Waals surface area contributed by atoms with Gasteiger partial charge < -0.3 is 5.32 Å². The van der Waals surface area contributed by atoms with Crippen LogP contribution < -0.4 is 5.32 Å². The summed E-state index contributed by atoms with van der Waals surface area (Å²) in [7, 11) is 0. The van der Waals surface area contributed by atoms with Gasteiger partial charge in [0, 0.05) is 11.3 Å². The molecule has 5 heteroatoms. The molecule has 1 unspecified atom stereocenters. The van der Waals surface area contributed by atoms with Crippen molar-refractivity contribution in [2.45, 2.75) is 45.6 Å². The van der Waals surface area contributed by atoms with Crippen molar-refractivity contribution in [2.75, 3.05) is 6.54 Å². The standard InChI is InChI=1S/C14H21N3S2/c1-3-9-15-11(2)14-17-16-13(19-14)8-4-6-12-7-5-10-18-12/h5,7,10-11,15H,3-4,6,8-9H2,1-2H3. The molecule has 0 aromatic carbocycles. The monoisotopic (exact) mass is 295 g/mol. The maximum atomic E-state index is 4.30. The summed E-state index contributed by atoms with van der Waals surface area (Å²) < 4.78 is 0. The lowest BCUT2D eigenvalue weighted by atomic mass is 10.2. The highest BCUT2D eigenvalue weighted by Crippen LogP contribution is 2.20. The highest BCUT2D eigenvalue weighted by Gasteiger charge is 2.10. The van der Waals surface area contributed by atoms with Crippen LogP contribution in [0.25, 0.3) is 0 Å². The van der Waals surface area contributed by atoms with Gasteiger partial charge in [-0.3, -0.25) is 0 Å². The van der Waals surface area contributed by atoms with Gasteiger partial charge in [0.1, 0.15) is 10.0 Å². The zero-order valence-corrected chi connectivity index (χ0v) is 13.2. The lowest BCUT2D eigenvalue weighted by Crippen LogP contribution is -2.18. The van der Waals surface area contributed by atoms with E-state index in [2.05, 4.69) is 46.9 Å². The predicted octanol–water partition coefficient (Wildman–Crippen LogP) is 3.84. The molecule has 0 radical (unpaired) electrons. The topological polar surface area (TPSA) is 37.8 Å². The van der Waals surface area contributed by atoms with E-state index in [4.69, 9.17) is 0 Å². The summed E-state index contributed by atoms with van der Waals surface area (Å²) in [5.41, 5.74) is 0. The summed E-state index contributed by atoms with van der Waals surface area (Å²) in [6, 6.07) is 4.64. The molecule has 19 heavy (non-hydrogen) atoms. The molecular formula is C14H21N3S2. The molecule has 0 aliphatic heterocycles. The summed E-state index contributed by atoms with van der Waals surface area (Å²) in [6.07, 6.45) is 4.50. The van der Waals surface area contributed by atoms with E-state index in [0.717, 1.165) is 42.2 Å². The van der Waals surface area contributed by atoms with Crippen molar-refractivity contribution >= 4 is 22.7 Å². The van der Waals surface area contributed by atoms with Crippen LogP contribution in [0.2, 0.25) is 0 Å². The van der Waals surface area contributed by atoms with Crippen LogP contribution in [0, 0.1) is 0 Å². The van der Waals surface area contributed by atoms with Crippen molar-refractivity contribution in [3.8, 4) is 0 Å². The molecule has 104 valence electrons. The van der Waals surface area contributed by atoms with Crippen molar-refractivity contribution in [3.63, 3.8) is 0 Å². The fourth-order valence-corrected chi connectivity index (χ4v) is 3.52. The lowest BCUT2D eigenvalue weighted by Gasteiger charge is -2.08. The SMILES string of the molecule is CCCNC(C)c1nnc(CCCc2cccs2)s1. The minimum absolute atomic E-state index is 0.323. The first kappa shape index (κ1) is 14.6. The number of thiophene rings is 1. The zero-order chi connectivity index (χ0) is 13.5. The van der Waals surface area contributed by atoms with Crippen molar-refractivity contribution in [3.05, 3.63) is 32.4 Å². The van der Waals surface area contributed by atoms with Gasteiger partial charge in [-0.2, -0.15) is 0 Å². The van der Waals surface area contributed by atoms with Gasteiger partial charge in [-0.1, -0.05) is 24.3 Å². The van der Waals surface area contributed by atoms with Crippen LogP contribution in [0.15, 0.2) is 17.5 Å². The Hall–Kier alpha value is -0.780. The van der Waals surface area contributed by atoms with Crippen LogP contribution in [0.3, 0.4) is 0 Å². The van der Waals surface area contributed by atoms with Crippen molar-refractivity contribution in [1.29, 1.82) is 0 Å². The van der Waals surface area contributed by atoms with E-state index < -0.39 is 0 Å². The van der Waals surface area contributed by atoms with Crippen LogP contribution in [0.4, 0.5) is 0 Å². The first-order valence-electron chi connectivity index (χ1n) is 6.87. The number of nitrogens with one attached hydrogen (secondary N) is 1. The molecule has 1 atom stereocenters. The van der Waals surface area contributed by atoms with Crippen molar-refractivity contribution in [2.24, 2.45) is 0 Å². The van der Waals surface area contributed by atoms with Crippen LogP contribution in [0.5, 0.6) is 0 Å². The molecule has 0 saturated carbocycles. The molecule has 2 aromatic rings. The first-order chi connectivity index (χ1) is 9.29. The Morgan fingerprint density at radius 3 is 2.95 bits per heavy atom. The van der Waals surface area contributed by atoms with Gasteiger partial charge in [-0.25, -0.2) is 0 Å². The quantitative estimate of drug-likeness (QED) is 0.804. The van der Waals surface area contributed by atoms with Gasteiger partial charge in [-0.05, 0) is 44.2 Å². The molecule has 0 amide bonds. The molecule has 2 heterocycles. The second-order valence-electron chi connectivity index (χ2n) is 4.64. The Bertz CT molecular complexity index is 465. The van der Waals surface area contributed by atoms with Crippen LogP contribution in [-0.2, 0) is 12.8 Å². The van der Waals surface area contributed by atoms with Gasteiger partial charge >= 0.3 is 0 Å². The Morgan fingerprint density at radius 1 is 1.32 bits per heavy atom. The molecule has 1 N–H and O–H groups in total. The largest absolute Gasteiger partial charge is 0.308 e. The van der Waals surface area contributed by atoms with E-state index in [0.29, 0.717) is 6.04 Å². The van der Waals surface area contributed by atoms with Gasteiger partial charge in [-0.15, -0.1) is 21.5 Å². The zero-order valence-electron chi connectivity index (χ0n) is 11.6. The normalized spacial score (nSPS) is 12.7. The first-order valence-corrected chi connectivity index (χ1v) is 8.57. The van der Waals surface area contributed by atoms with Crippen LogP contribution in [-0.4, -0.2) is 16.7 Å². The third-order valence-electron chi connectivity index (χ3n) is 2.95. The van der Waals surface area contributed by atoms with Gasteiger partial charge in [0.25, 0.3) is 0 Å². The van der Waals surface area contributed by atoms with Gasteiger partial charge in [0.2, 0.25) is 0 Å². The van der Waals surface area contributed by atoms with E-state index in [1.54, 1.807) is 11.3 Å². The minimum Gasteiger partial charge on any atom is -0.308 e. The second kappa shape index (κ2) is 7.72. The summed E-state index contributed by atoms with van der Waals surface area (Å²) in [5.74, 6) is 0. The van der Waals surface area contributed by atoms with Gasteiger partial charge in [0.15, 0.2) is 0 Å². The number of hydrogen-bond donors (Lipinski definition) is 1. The maximum Gasteiger partial charge on any atom is 0.134 e. The number of aryl methyl sites for hydroxylation is 2. The number of nitrogens with zero attached hydrogens (tertiary/aromatic N) is 2. The smallest absolute Gasteiger partial charge is 0.134 e. The summed E-state index contributed by atoms with van der Waals surface area (Å²) >= 11 is 3.58. The Balaban J connectivity index is 1.77. The average Bonchev–Trinajstić information content (AvgIpc) is 3.07. The lowest BCUT2D eigenvalue weighted by molar-refractivity contribution is 0.564. The molecule has 2 rings (SSSR count). The molecule has 0 bridgehead atoms. The van der Waals surface area contributed by atoms with Crippen molar-refractivity contribution in [1.82, 2.24) is 15.5 Å². The third kappa shape index (κ3) is 4.67. The third-order valence-corrected chi connectivity index (χ3v) is 5.05. The number of hydrogen-bond acceptors (Lipinski definition) is 5. The highest BCUT2D eigenvalue weighted by atomic mass is 32.1. The predicted molar refractivity (Wildman–Crippen MR) is 83.0 cm³/mol. The number of aromatic nitrogens is 2. The van der Waals surface area contributed by atoms with E-state index in [1.165, 1.54) is 4.88 Å². The fraction of sp³-hybridized carbons (Fsp3) is 0.571. The Labute approximate surface area is 123 Å². The second-order valence-corrected chi connectivity index (χ2v) is 6.77. The van der Waals surface area contributed by atoms with E-state index in [1.807, 2.05) is 11.3 Å². The molecule has 0 fully saturated rings. The number of rotatable bonds is 8. The Kier molecular flexibility index (Phi) is 5.94. The van der Waals surface area contributed by atoms with E-state index in [-0.39, 0.29) is 0 Å². The summed E-state index contributed by atoms with van der Waals surface area (Å²) in [5, 5.41) is 16.5. The molecular weight excluding hydrogens is 274 g/mol. The average molecular weight is 295 g/mol. The highest BCUT2D eigenvalue weighted by molar-refractivity contribution is 7.11. The molecule has 2 aromatic heterocycles. The molecule has 0 saturated heterocycles.